The molecule has 1 fully saturated rings. The Kier molecular flexibility index (Phi) is 8.80. The molecule has 3 amide bonds. The molecular formula is C19H16ClN7O6S4. The Hall–Kier alpha value is -2.99. The van der Waals surface area contributed by atoms with Crippen molar-refractivity contribution in [2.45, 2.75) is 15.8 Å². The molecule has 37 heavy (non-hydrogen) atoms. The van der Waals surface area contributed by atoms with Gasteiger partial charge in [0.25, 0.3) is 11.8 Å². The summed E-state index contributed by atoms with van der Waals surface area (Å²) in [5.41, 5.74) is 1.66. The van der Waals surface area contributed by atoms with Crippen molar-refractivity contribution in [2.75, 3.05) is 23.4 Å². The third-order valence-electron chi connectivity index (χ3n) is 4.80. The fraction of sp³-hybridized carbons (Fsp3) is 0.263. The van der Waals surface area contributed by atoms with Crippen molar-refractivity contribution in [1.82, 2.24) is 25.4 Å². The molecule has 18 heteroatoms. The van der Waals surface area contributed by atoms with Gasteiger partial charge in [0.2, 0.25) is 6.41 Å². The minimum Gasteiger partial charge on any atom is -0.477 e. The Morgan fingerprint density at radius 2 is 2.27 bits per heavy atom. The second-order valence-electron chi connectivity index (χ2n) is 7.04. The molecule has 13 nitrogen and oxygen atoms in total. The van der Waals surface area contributed by atoms with Crippen molar-refractivity contribution in [3.8, 4) is 0 Å². The maximum absolute atomic E-state index is 13.1. The van der Waals surface area contributed by atoms with Gasteiger partial charge in [-0.15, -0.1) is 22.0 Å². The Morgan fingerprint density at radius 3 is 2.95 bits per heavy atom. The number of aromatic nitrogens is 3. The van der Waals surface area contributed by atoms with E-state index < -0.39 is 29.2 Å². The van der Waals surface area contributed by atoms with Crippen LogP contribution in [0.1, 0.15) is 5.69 Å². The number of carbonyl (C=O) groups is 4. The highest BCUT2D eigenvalue weighted by Gasteiger charge is 2.54. The lowest BCUT2D eigenvalue weighted by atomic mass is 10.0. The van der Waals surface area contributed by atoms with Gasteiger partial charge in [0.15, 0.2) is 15.2 Å². The highest BCUT2D eigenvalue weighted by Crippen LogP contribution is 2.41. The van der Waals surface area contributed by atoms with Crippen LogP contribution >= 0.6 is 57.8 Å². The number of carboxylic acids is 1. The molecule has 2 aliphatic rings. The molecule has 3 N–H and O–H groups in total. The maximum Gasteiger partial charge on any atom is 0.352 e. The largest absolute Gasteiger partial charge is 0.477 e. The molecule has 0 aliphatic carbocycles. The predicted molar refractivity (Wildman–Crippen MR) is 140 cm³/mol. The van der Waals surface area contributed by atoms with Gasteiger partial charge in [-0.1, -0.05) is 63.8 Å². The van der Waals surface area contributed by atoms with E-state index in [0.29, 0.717) is 27.8 Å². The number of anilines is 1. The summed E-state index contributed by atoms with van der Waals surface area (Å²) in [6.45, 7) is 3.49. The van der Waals surface area contributed by atoms with E-state index in [2.05, 4.69) is 37.5 Å². The average molecular weight is 602 g/mol. The maximum atomic E-state index is 13.1. The molecule has 0 bridgehead atoms. The molecule has 2 aromatic rings. The Bertz CT molecular complexity index is 1300. The summed E-state index contributed by atoms with van der Waals surface area (Å²) < 4.78 is 0.741. The van der Waals surface area contributed by atoms with Crippen LogP contribution in [0.15, 0.2) is 38.9 Å². The zero-order valence-electron chi connectivity index (χ0n) is 18.5. The van der Waals surface area contributed by atoms with Gasteiger partial charge >= 0.3 is 5.97 Å². The van der Waals surface area contributed by atoms with Crippen molar-refractivity contribution in [3.63, 3.8) is 0 Å². The van der Waals surface area contributed by atoms with Crippen molar-refractivity contribution in [2.24, 2.45) is 5.16 Å². The Labute approximate surface area is 230 Å². The van der Waals surface area contributed by atoms with Crippen LogP contribution in [-0.2, 0) is 24.0 Å². The SMILES string of the molecule is C=CCO/N=C(/C(=O)NC1C(=O)N2C(C(=O)O)=C(CSc3nncs3)CS[C@H]12)c1nc(NC=O)sc1Cl. The van der Waals surface area contributed by atoms with E-state index in [1.54, 1.807) is 5.51 Å². The van der Waals surface area contributed by atoms with Gasteiger partial charge < -0.3 is 20.6 Å². The number of hydrogen-bond donors (Lipinski definition) is 3. The summed E-state index contributed by atoms with van der Waals surface area (Å²) in [4.78, 5) is 59.2. The zero-order chi connectivity index (χ0) is 26.5. The number of nitrogens with zero attached hydrogens (tertiary/aromatic N) is 5. The lowest BCUT2D eigenvalue weighted by Gasteiger charge is -2.49. The monoisotopic (exact) mass is 601 g/mol. The van der Waals surface area contributed by atoms with Gasteiger partial charge in [-0.05, 0) is 5.57 Å². The fourth-order valence-electron chi connectivity index (χ4n) is 3.29. The van der Waals surface area contributed by atoms with Crippen LogP contribution in [0.4, 0.5) is 5.13 Å². The van der Waals surface area contributed by atoms with Crippen LogP contribution in [0.2, 0.25) is 4.34 Å². The number of β-lactam (4-membered cyclic amide) rings is 1. The lowest BCUT2D eigenvalue weighted by Crippen LogP contribution is -2.71. The third-order valence-corrected chi connectivity index (χ3v) is 9.27. The second kappa shape index (κ2) is 12.0. The number of carbonyl (C=O) groups excluding carboxylic acids is 3. The molecule has 2 aromatic heterocycles. The standard InChI is InChI=1S/C19H16ClN7O6S4/c1-2-3-33-26-10(9-13(20)37-18(24-9)21-6-28)14(29)23-11-15(30)27-12(17(31)32)8(4-34-16(11)27)5-35-19-25-22-7-36-19/h2,6-7,11,16H,1,3-5H2,(H,23,29)(H,31,32)(H,21,24,28)/b26-10+/t11?,16-/m1/s1. The number of thioether (sulfide) groups is 2. The molecule has 4 heterocycles. The molecule has 2 aliphatic heterocycles. The number of rotatable bonds is 12. The van der Waals surface area contributed by atoms with E-state index >= 15 is 0 Å². The predicted octanol–water partition coefficient (Wildman–Crippen LogP) is 1.65. The molecule has 0 radical (unpaired) electrons. The van der Waals surface area contributed by atoms with E-state index in [0.717, 1.165) is 11.3 Å². The van der Waals surface area contributed by atoms with E-state index in [1.165, 1.54) is 45.8 Å². The molecule has 194 valence electrons. The van der Waals surface area contributed by atoms with Gasteiger partial charge in [-0.25, -0.2) is 9.78 Å². The first-order chi connectivity index (χ1) is 17.8. The first kappa shape index (κ1) is 27.1. The number of halogens is 1. The molecule has 1 saturated heterocycles. The number of hydrogen-bond acceptors (Lipinski definition) is 13. The number of aliphatic carboxylic acids is 1. The summed E-state index contributed by atoms with van der Waals surface area (Å²) in [5.74, 6) is -1.96. The van der Waals surface area contributed by atoms with Crippen LogP contribution in [0.3, 0.4) is 0 Å². The van der Waals surface area contributed by atoms with Gasteiger partial charge in [0.05, 0.1) is 0 Å². The summed E-state index contributed by atoms with van der Waals surface area (Å²) in [6.07, 6.45) is 1.81. The van der Waals surface area contributed by atoms with Gasteiger partial charge in [0.1, 0.15) is 39.3 Å². The van der Waals surface area contributed by atoms with Gasteiger partial charge in [-0.3, -0.25) is 19.3 Å². The van der Waals surface area contributed by atoms with Crippen molar-refractivity contribution in [1.29, 1.82) is 0 Å². The van der Waals surface area contributed by atoms with E-state index in [9.17, 15) is 24.3 Å². The van der Waals surface area contributed by atoms with Gasteiger partial charge in [-0.2, -0.15) is 0 Å². The molecule has 2 atom stereocenters. The van der Waals surface area contributed by atoms with Crippen LogP contribution < -0.4 is 10.6 Å². The molecule has 4 rings (SSSR count). The summed E-state index contributed by atoms with van der Waals surface area (Å²) in [7, 11) is 0. The summed E-state index contributed by atoms with van der Waals surface area (Å²) in [5, 5.41) is 25.7. The Balaban J connectivity index is 1.52. The molecule has 0 aromatic carbocycles. The quantitative estimate of drug-likeness (QED) is 0.0613. The third kappa shape index (κ3) is 5.80. The van der Waals surface area contributed by atoms with E-state index in [1.807, 2.05) is 0 Å². The summed E-state index contributed by atoms with van der Waals surface area (Å²) >= 11 is 11.1. The molecule has 1 unspecified atom stereocenters. The number of oxime groups is 1. The number of thiazole rings is 1. The minimum atomic E-state index is -1.24. The second-order valence-corrected chi connectivity index (χ2v) is 11.8. The molecule has 0 spiro atoms. The van der Waals surface area contributed by atoms with Crippen LogP contribution in [-0.4, -0.2) is 84.6 Å². The molecular weight excluding hydrogens is 586 g/mol. The zero-order valence-corrected chi connectivity index (χ0v) is 22.5. The smallest absolute Gasteiger partial charge is 0.352 e. The summed E-state index contributed by atoms with van der Waals surface area (Å²) in [6, 6.07) is -1.01. The van der Waals surface area contributed by atoms with Crippen LogP contribution in [0, 0.1) is 0 Å². The van der Waals surface area contributed by atoms with Crippen LogP contribution in [0.5, 0.6) is 0 Å². The van der Waals surface area contributed by atoms with Crippen molar-refractivity contribution >= 4 is 92.8 Å². The number of amides is 3. The first-order valence-electron chi connectivity index (χ1n) is 10.1. The van der Waals surface area contributed by atoms with E-state index in [-0.39, 0.29) is 33.2 Å². The van der Waals surface area contributed by atoms with E-state index in [4.69, 9.17) is 16.4 Å². The average Bonchev–Trinajstić information content (AvgIpc) is 3.52. The number of carboxylic acid groups (broad SMARTS) is 1. The van der Waals surface area contributed by atoms with Crippen molar-refractivity contribution in [3.05, 3.63) is 39.5 Å². The first-order valence-corrected chi connectivity index (χ1v) is 14.2. The normalized spacial score (nSPS) is 19.1. The van der Waals surface area contributed by atoms with Gasteiger partial charge in [0, 0.05) is 11.5 Å². The Morgan fingerprint density at radius 1 is 1.46 bits per heavy atom. The highest BCUT2D eigenvalue weighted by molar-refractivity contribution is 8.01. The topological polar surface area (TPSA) is 176 Å². The lowest BCUT2D eigenvalue weighted by molar-refractivity contribution is -0.150. The highest BCUT2D eigenvalue weighted by atomic mass is 35.5. The minimum absolute atomic E-state index is 0.0167. The number of nitrogens with one attached hydrogen (secondary N) is 2. The van der Waals surface area contributed by atoms with Crippen LogP contribution in [0.25, 0.3) is 0 Å². The number of fused-ring (bicyclic) bond motifs is 1. The fourth-order valence-corrected chi connectivity index (χ4v) is 7.26. The van der Waals surface area contributed by atoms with Crippen molar-refractivity contribution < 1.29 is 29.1 Å². The molecule has 0 saturated carbocycles.